The van der Waals surface area contributed by atoms with Gasteiger partial charge in [0.15, 0.2) is 0 Å². The van der Waals surface area contributed by atoms with Crippen LogP contribution in [0.2, 0.25) is 4.85 Å². The molecule has 17 heavy (non-hydrogen) atoms. The monoisotopic (exact) mass is 281 g/mol. The first-order valence-electron chi connectivity index (χ1n) is 7.13. The van der Waals surface area contributed by atoms with E-state index in [1.807, 2.05) is 6.92 Å². The average Bonchev–Trinajstić information content (AvgIpc) is 2.39. The van der Waals surface area contributed by atoms with Gasteiger partial charge in [-0.2, -0.15) is 0 Å². The summed E-state index contributed by atoms with van der Waals surface area (Å²) in [6, 6.07) is 0. The molecule has 0 saturated heterocycles. The average molecular weight is 281 g/mol. The number of allylic oxidation sites excluding steroid dienone is 1. The molecule has 0 unspecified atom stereocenters. The maximum absolute atomic E-state index is 12.0. The number of rotatable bonds is 3. The standard InChI is InChI=1S/C12H21.C3H5.Co.O/c1-3-7-11(8-4-1)12-9-5-2-6-10-12;1-3-2;;/h1,11-12H,2-10H2;1H2,2H3;;. The predicted molar refractivity (Wildman–Crippen MR) is 67.8 cm³/mol. The third-order valence-corrected chi connectivity index (χ3v) is 6.77. The van der Waals surface area contributed by atoms with Crippen molar-refractivity contribution in [3.63, 3.8) is 0 Å². The second-order valence-corrected chi connectivity index (χ2v) is 8.25. The first-order chi connectivity index (χ1) is 8.18. The van der Waals surface area contributed by atoms with Gasteiger partial charge in [0.05, 0.1) is 0 Å². The molecule has 2 aliphatic rings. The SMILES string of the molecule is C=[C](C)[Co](=[O])[CH]1CCC(C2CCCCC2)CC1. The van der Waals surface area contributed by atoms with E-state index in [2.05, 4.69) is 6.58 Å². The van der Waals surface area contributed by atoms with Crippen molar-refractivity contribution in [2.75, 3.05) is 0 Å². The fourth-order valence-electron chi connectivity index (χ4n) is 3.55. The van der Waals surface area contributed by atoms with Crippen LogP contribution < -0.4 is 0 Å². The first-order valence-corrected chi connectivity index (χ1v) is 8.68. The Bertz CT molecular complexity index is 283. The molecule has 1 nitrogen and oxygen atoms in total. The van der Waals surface area contributed by atoms with Gasteiger partial charge in [-0.05, 0) is 0 Å². The normalized spacial score (nSPS) is 32.2. The van der Waals surface area contributed by atoms with E-state index < -0.39 is 13.6 Å². The van der Waals surface area contributed by atoms with Gasteiger partial charge in [-0.25, -0.2) is 0 Å². The molecule has 101 valence electrons. The summed E-state index contributed by atoms with van der Waals surface area (Å²) < 4.78 is 12.9. The van der Waals surface area contributed by atoms with Crippen LogP contribution in [0.15, 0.2) is 11.1 Å². The Balaban J connectivity index is 1.81. The van der Waals surface area contributed by atoms with Crippen molar-refractivity contribution in [2.24, 2.45) is 11.8 Å². The van der Waals surface area contributed by atoms with Crippen LogP contribution in [-0.2, 0) is 17.5 Å². The number of hydrogen-bond acceptors (Lipinski definition) is 1. The van der Waals surface area contributed by atoms with E-state index >= 15 is 0 Å². The van der Waals surface area contributed by atoms with Crippen molar-refractivity contribution in [1.29, 1.82) is 0 Å². The van der Waals surface area contributed by atoms with Gasteiger partial charge in [-0.1, -0.05) is 0 Å². The fraction of sp³-hybridized carbons (Fsp3) is 0.867. The van der Waals surface area contributed by atoms with Crippen LogP contribution in [0.3, 0.4) is 0 Å². The fourth-order valence-corrected chi connectivity index (χ4v) is 5.17. The minimum absolute atomic E-state index is 0.444. The van der Waals surface area contributed by atoms with Crippen LogP contribution >= 0.6 is 0 Å². The van der Waals surface area contributed by atoms with E-state index in [0.717, 1.165) is 16.3 Å². The van der Waals surface area contributed by atoms with Crippen molar-refractivity contribution < 1.29 is 17.5 Å². The summed E-state index contributed by atoms with van der Waals surface area (Å²) >= 11 is -1.12. The van der Waals surface area contributed by atoms with Gasteiger partial charge >= 0.3 is 110 Å². The van der Waals surface area contributed by atoms with Gasteiger partial charge in [0, 0.05) is 0 Å². The Kier molecular flexibility index (Phi) is 4.98. The molecule has 0 N–H and O–H groups in total. The molecule has 0 aromatic heterocycles. The molecule has 0 aromatic carbocycles. The molecule has 2 rings (SSSR count). The molecule has 0 amide bonds. The summed E-state index contributed by atoms with van der Waals surface area (Å²) in [5, 5.41) is 0. The van der Waals surface area contributed by atoms with Crippen molar-refractivity contribution in [1.82, 2.24) is 0 Å². The molecule has 2 fully saturated rings. The molecule has 0 atom stereocenters. The van der Waals surface area contributed by atoms with Crippen LogP contribution in [-0.4, -0.2) is 0 Å². The minimum atomic E-state index is -1.12. The summed E-state index contributed by atoms with van der Waals surface area (Å²) in [6.45, 7) is 5.78. The van der Waals surface area contributed by atoms with Crippen LogP contribution in [0.1, 0.15) is 64.7 Å². The molecule has 2 heteroatoms. The first kappa shape index (κ1) is 13.5. The van der Waals surface area contributed by atoms with Gasteiger partial charge in [0.25, 0.3) is 0 Å². The molecular weight excluding hydrogens is 255 g/mol. The second kappa shape index (κ2) is 6.28. The summed E-state index contributed by atoms with van der Waals surface area (Å²) in [6.07, 6.45) is 12.3. The molecule has 0 spiro atoms. The zero-order chi connectivity index (χ0) is 12.3. The van der Waals surface area contributed by atoms with Crippen molar-refractivity contribution in [3.8, 4) is 0 Å². The van der Waals surface area contributed by atoms with Crippen molar-refractivity contribution >= 4 is 0 Å². The molecule has 0 radical (unpaired) electrons. The summed E-state index contributed by atoms with van der Waals surface area (Å²) in [5.74, 6) is 1.94. The van der Waals surface area contributed by atoms with Crippen molar-refractivity contribution in [3.05, 3.63) is 11.1 Å². The van der Waals surface area contributed by atoms with Crippen LogP contribution in [0.25, 0.3) is 0 Å². The van der Waals surface area contributed by atoms with E-state index in [9.17, 15) is 3.87 Å². The van der Waals surface area contributed by atoms with E-state index in [4.69, 9.17) is 0 Å². The van der Waals surface area contributed by atoms with Gasteiger partial charge in [0.1, 0.15) is 0 Å². The molecule has 0 aromatic rings. The van der Waals surface area contributed by atoms with Crippen LogP contribution in [0.5, 0.6) is 0 Å². The zero-order valence-corrected chi connectivity index (χ0v) is 12.1. The van der Waals surface area contributed by atoms with Crippen LogP contribution in [0.4, 0.5) is 0 Å². The van der Waals surface area contributed by atoms with Crippen molar-refractivity contribution in [2.45, 2.75) is 69.6 Å². The Labute approximate surface area is 110 Å². The van der Waals surface area contributed by atoms with Gasteiger partial charge in [-0.15, -0.1) is 0 Å². The zero-order valence-electron chi connectivity index (χ0n) is 11.0. The molecular formula is C15H26CoO. The molecule has 2 saturated carbocycles. The van der Waals surface area contributed by atoms with E-state index in [1.165, 1.54) is 57.8 Å². The molecule has 2 aliphatic carbocycles. The Morgan fingerprint density at radius 3 is 2.00 bits per heavy atom. The molecule has 0 bridgehead atoms. The summed E-state index contributed by atoms with van der Waals surface area (Å²) in [4.78, 5) is 0.444. The van der Waals surface area contributed by atoms with E-state index in [1.54, 1.807) is 0 Å². The maximum atomic E-state index is 12.0. The second-order valence-electron chi connectivity index (χ2n) is 5.75. The Morgan fingerprint density at radius 1 is 0.941 bits per heavy atom. The number of hydrogen-bond donors (Lipinski definition) is 0. The van der Waals surface area contributed by atoms with Gasteiger partial charge in [-0.3, -0.25) is 0 Å². The topological polar surface area (TPSA) is 17.1 Å². The summed E-state index contributed by atoms with van der Waals surface area (Å²) in [7, 11) is 0. The molecule has 0 heterocycles. The van der Waals surface area contributed by atoms with Gasteiger partial charge in [0.2, 0.25) is 0 Å². The van der Waals surface area contributed by atoms with E-state index in [0.29, 0.717) is 4.85 Å². The third-order valence-electron chi connectivity index (χ3n) is 4.52. The van der Waals surface area contributed by atoms with E-state index in [-0.39, 0.29) is 0 Å². The predicted octanol–water partition coefficient (Wildman–Crippen LogP) is 5.04. The molecule has 0 aliphatic heterocycles. The van der Waals surface area contributed by atoms with Gasteiger partial charge < -0.3 is 0 Å². The Hall–Kier alpha value is 0.0465. The van der Waals surface area contributed by atoms with Crippen LogP contribution in [0, 0.1) is 11.8 Å². The summed E-state index contributed by atoms with van der Waals surface area (Å²) in [5.41, 5.74) is 0. The third kappa shape index (κ3) is 3.51. The Morgan fingerprint density at radius 2 is 1.47 bits per heavy atom. The quantitative estimate of drug-likeness (QED) is 0.708.